The number of ether oxygens (including phenoxy) is 7. The van der Waals surface area contributed by atoms with E-state index in [0.717, 1.165) is 24.3 Å². The predicted molar refractivity (Wildman–Crippen MR) is 233 cm³/mol. The van der Waals surface area contributed by atoms with Gasteiger partial charge in [0.15, 0.2) is 12.4 Å². The summed E-state index contributed by atoms with van der Waals surface area (Å²) in [6, 6.07) is 23.1. The summed E-state index contributed by atoms with van der Waals surface area (Å²) < 4.78 is 39.8. The maximum Gasteiger partial charge on any atom is 0.331 e. The van der Waals surface area contributed by atoms with Crippen LogP contribution < -0.4 is 0 Å². The average Bonchev–Trinajstić information content (AvgIpc) is 3.57. The number of carbonyl (C=O) groups excluding carboxylic acids is 4. The first-order chi connectivity index (χ1) is 32.1. The Labute approximate surface area is 381 Å². The smallest absolute Gasteiger partial charge is 0.331 e. The van der Waals surface area contributed by atoms with Gasteiger partial charge in [-0.3, -0.25) is 0 Å². The fraction of sp³-hybridized carbons (Fsp3) is 0.250. The van der Waals surface area contributed by atoms with Crippen LogP contribution in [0.25, 0.3) is 24.3 Å². The van der Waals surface area contributed by atoms with E-state index in [1.807, 2.05) is 0 Å². The Morgan fingerprint density at radius 3 is 1.27 bits per heavy atom. The zero-order valence-corrected chi connectivity index (χ0v) is 35.2. The summed E-state index contributed by atoms with van der Waals surface area (Å²) in [6.07, 6.45) is -5.99. The summed E-state index contributed by atoms with van der Waals surface area (Å²) in [5.41, 5.74) is 1.95. The van der Waals surface area contributed by atoms with Crippen LogP contribution in [0.2, 0.25) is 0 Å². The number of hydrogen-bond donors (Lipinski definition) is 8. The highest BCUT2D eigenvalue weighted by atomic mass is 16.8. The Hall–Kier alpha value is -7.36. The van der Waals surface area contributed by atoms with Gasteiger partial charge in [-0.05, 0) is 95.1 Å². The first-order valence-electron chi connectivity index (χ1n) is 20.4. The van der Waals surface area contributed by atoms with Crippen LogP contribution in [-0.4, -0.2) is 139 Å². The minimum Gasteiger partial charge on any atom is -0.508 e. The maximum atomic E-state index is 13.5. The fourth-order valence-electron chi connectivity index (χ4n) is 6.54. The van der Waals surface area contributed by atoms with Crippen LogP contribution in [-0.2, 0) is 52.3 Å². The van der Waals surface area contributed by atoms with Crippen LogP contribution in [0.1, 0.15) is 22.3 Å². The summed E-state index contributed by atoms with van der Waals surface area (Å²) in [5.74, 6) is -6.79. The van der Waals surface area contributed by atoms with Crippen LogP contribution in [0.3, 0.4) is 0 Å². The van der Waals surface area contributed by atoms with Gasteiger partial charge < -0.3 is 74.0 Å². The van der Waals surface area contributed by atoms with Crippen molar-refractivity contribution in [2.24, 2.45) is 0 Å². The molecule has 9 atom stereocenters. The van der Waals surface area contributed by atoms with Crippen molar-refractivity contribution < 1.29 is 93.2 Å². The van der Waals surface area contributed by atoms with Crippen molar-refractivity contribution >= 4 is 48.2 Å². The molecule has 0 saturated carbocycles. The molecule has 0 amide bonds. The molecule has 2 heterocycles. The van der Waals surface area contributed by atoms with Crippen LogP contribution in [0.5, 0.6) is 23.0 Å². The zero-order chi connectivity index (χ0) is 48.1. The van der Waals surface area contributed by atoms with Gasteiger partial charge in [0, 0.05) is 24.3 Å². The summed E-state index contributed by atoms with van der Waals surface area (Å²) in [6.45, 7) is -2.53. The second kappa shape index (κ2) is 22.7. The normalized spacial score (nSPS) is 25.1. The van der Waals surface area contributed by atoms with Crippen molar-refractivity contribution in [3.63, 3.8) is 0 Å². The predicted octanol–water partition coefficient (Wildman–Crippen LogP) is 2.48. The second-order valence-corrected chi connectivity index (χ2v) is 15.0. The molecule has 19 heteroatoms. The molecule has 4 aromatic rings. The highest BCUT2D eigenvalue weighted by Gasteiger charge is 2.62. The third-order valence-corrected chi connectivity index (χ3v) is 10.1. The lowest BCUT2D eigenvalue weighted by molar-refractivity contribution is -0.383. The first-order valence-corrected chi connectivity index (χ1v) is 20.4. The number of aliphatic hydroxyl groups is 4. The molecule has 0 unspecified atom stereocenters. The van der Waals surface area contributed by atoms with Crippen molar-refractivity contribution in [2.75, 3.05) is 19.8 Å². The summed E-state index contributed by atoms with van der Waals surface area (Å²) in [4.78, 5) is 52.2. The molecule has 8 N–H and O–H groups in total. The number of aliphatic hydroxyl groups excluding tert-OH is 4. The molecular weight excluding hydrogens is 881 g/mol. The van der Waals surface area contributed by atoms with Crippen LogP contribution in [0.15, 0.2) is 121 Å². The van der Waals surface area contributed by atoms with Gasteiger partial charge >= 0.3 is 23.9 Å². The lowest BCUT2D eigenvalue weighted by Gasteiger charge is -2.43. The molecule has 0 spiro atoms. The van der Waals surface area contributed by atoms with Crippen LogP contribution in [0.4, 0.5) is 0 Å². The summed E-state index contributed by atoms with van der Waals surface area (Å²) >= 11 is 0. The number of carbonyl (C=O) groups is 4. The third kappa shape index (κ3) is 13.8. The van der Waals surface area contributed by atoms with Crippen molar-refractivity contribution in [1.82, 2.24) is 0 Å². The van der Waals surface area contributed by atoms with E-state index in [4.69, 9.17) is 33.2 Å². The average molecular weight is 927 g/mol. The Morgan fingerprint density at radius 2 is 0.851 bits per heavy atom. The van der Waals surface area contributed by atoms with Crippen LogP contribution >= 0.6 is 0 Å². The van der Waals surface area contributed by atoms with Gasteiger partial charge in [0.2, 0.25) is 5.79 Å². The third-order valence-electron chi connectivity index (χ3n) is 10.1. The van der Waals surface area contributed by atoms with E-state index in [2.05, 4.69) is 0 Å². The largest absolute Gasteiger partial charge is 0.508 e. The summed E-state index contributed by atoms with van der Waals surface area (Å²) in [5, 5.41) is 83.2. The monoisotopic (exact) mass is 926 g/mol. The van der Waals surface area contributed by atoms with E-state index in [1.54, 1.807) is 0 Å². The molecule has 4 aromatic carbocycles. The van der Waals surface area contributed by atoms with E-state index >= 15 is 0 Å². The van der Waals surface area contributed by atoms with E-state index in [-0.39, 0.29) is 23.0 Å². The zero-order valence-electron chi connectivity index (χ0n) is 35.2. The summed E-state index contributed by atoms with van der Waals surface area (Å²) in [7, 11) is 0. The second-order valence-electron chi connectivity index (χ2n) is 15.0. The van der Waals surface area contributed by atoms with Gasteiger partial charge in [0.05, 0.1) is 0 Å². The minimum absolute atomic E-state index is 0.00193. The Balaban J connectivity index is 1.27. The van der Waals surface area contributed by atoms with Crippen molar-refractivity contribution in [1.29, 1.82) is 0 Å². The topological polar surface area (TPSA) is 295 Å². The number of phenolic OH excluding ortho intramolecular Hbond substituents is 4. The number of aromatic hydroxyl groups is 4. The van der Waals surface area contributed by atoms with Crippen molar-refractivity contribution in [2.45, 2.75) is 54.8 Å². The number of hydrogen-bond acceptors (Lipinski definition) is 19. The fourth-order valence-corrected chi connectivity index (χ4v) is 6.54. The number of rotatable bonds is 17. The molecule has 352 valence electrons. The Kier molecular flexibility index (Phi) is 16.6. The van der Waals surface area contributed by atoms with Gasteiger partial charge in [0.25, 0.3) is 0 Å². The Morgan fingerprint density at radius 1 is 0.478 bits per heavy atom. The van der Waals surface area contributed by atoms with Crippen molar-refractivity contribution in [3.05, 3.63) is 144 Å². The van der Waals surface area contributed by atoms with Gasteiger partial charge in [-0.25, -0.2) is 19.2 Å². The molecule has 0 aliphatic carbocycles. The van der Waals surface area contributed by atoms with E-state index in [9.17, 15) is 60.0 Å². The molecule has 6 rings (SSSR count). The molecule has 2 saturated heterocycles. The molecule has 2 fully saturated rings. The van der Waals surface area contributed by atoms with Gasteiger partial charge in [-0.2, -0.15) is 0 Å². The molecule has 2 aliphatic rings. The number of phenols is 4. The highest BCUT2D eigenvalue weighted by molar-refractivity contribution is 5.89. The lowest BCUT2D eigenvalue weighted by Crippen LogP contribution is -2.63. The minimum atomic E-state index is -2.68. The molecular formula is C48H46O19. The Bertz CT molecular complexity index is 2430. The molecule has 0 radical (unpaired) electrons. The van der Waals surface area contributed by atoms with Crippen LogP contribution in [0, 0.1) is 0 Å². The molecule has 0 bridgehead atoms. The standard InChI is InChI=1S/C48H46O19/c49-32-13-1-28(2-14-32)9-21-38(53)61-25-36-42(57)44(59)45(60)47(64-36)67-48(27-63-40(55)23-11-30-5-17-34(51)18-6-30)46(65-41(56)24-12-31-7-19-35(52)20-8-31)43(58)37(66-48)26-62-39(54)22-10-29-3-15-33(50)16-4-29/h1-24,36-37,42-47,49-52,57-60H,25-27H2/b21-9+,22-10+,23-11+,24-12+/t36-,37-,42-,43-,44+,45-,46+,47-,48+/m1/s1. The molecule has 19 nitrogen and oxygen atoms in total. The van der Waals surface area contributed by atoms with Gasteiger partial charge in [-0.15, -0.1) is 0 Å². The van der Waals surface area contributed by atoms with E-state index < -0.39 is 98.5 Å². The molecule has 2 aliphatic heterocycles. The molecule has 0 aromatic heterocycles. The SMILES string of the molecule is O=C(/C=C/c1ccc(O)cc1)OC[C@H]1O[C@@](COC(=O)/C=C/c2ccc(O)cc2)(O[C@H]2O[C@H](COC(=O)/C=C/c3ccc(O)cc3)[C@@H](O)[C@H](O)[C@H]2O)[C@@H](OC(=O)/C=C/c2ccc(O)cc2)[C@@H]1O. The van der Waals surface area contributed by atoms with Gasteiger partial charge in [0.1, 0.15) is 79.4 Å². The highest BCUT2D eigenvalue weighted by Crippen LogP contribution is 2.39. The van der Waals surface area contributed by atoms with E-state index in [1.165, 1.54) is 121 Å². The number of esters is 4. The molecule has 67 heavy (non-hydrogen) atoms. The van der Waals surface area contributed by atoms with Gasteiger partial charge in [-0.1, -0.05) is 48.5 Å². The van der Waals surface area contributed by atoms with E-state index in [0.29, 0.717) is 22.3 Å². The lowest BCUT2D eigenvalue weighted by atomic mass is 9.98. The quantitative estimate of drug-likeness (QED) is 0.0429. The first kappa shape index (κ1) is 49.1. The number of benzene rings is 4. The van der Waals surface area contributed by atoms with Crippen molar-refractivity contribution in [3.8, 4) is 23.0 Å². The maximum absolute atomic E-state index is 13.5.